The first-order chi connectivity index (χ1) is 12.0. The topological polar surface area (TPSA) is 79.1 Å². The number of hydrogen-bond acceptors (Lipinski definition) is 6. The number of aromatic nitrogens is 4. The Morgan fingerprint density at radius 3 is 2.72 bits per heavy atom. The van der Waals surface area contributed by atoms with Gasteiger partial charge in [-0.3, -0.25) is 0 Å². The van der Waals surface area contributed by atoms with Gasteiger partial charge in [-0.2, -0.15) is 5.10 Å². The van der Waals surface area contributed by atoms with Crippen molar-refractivity contribution in [3.63, 3.8) is 0 Å². The predicted molar refractivity (Wildman–Crippen MR) is 89.3 cm³/mol. The molecule has 0 saturated heterocycles. The van der Waals surface area contributed by atoms with E-state index >= 15 is 0 Å². The lowest BCUT2D eigenvalue weighted by Gasteiger charge is -2.36. The van der Waals surface area contributed by atoms with Crippen LogP contribution in [0.15, 0.2) is 6.20 Å². The molecule has 9 heteroatoms. The van der Waals surface area contributed by atoms with Gasteiger partial charge in [-0.1, -0.05) is 11.6 Å². The third kappa shape index (κ3) is 3.20. The van der Waals surface area contributed by atoms with Gasteiger partial charge in [0.25, 0.3) is 0 Å². The Labute approximate surface area is 149 Å². The van der Waals surface area contributed by atoms with Gasteiger partial charge in [-0.15, -0.1) is 0 Å². The molecule has 0 amide bonds. The molecular weight excluding hydrogens is 351 g/mol. The molecule has 7 nitrogen and oxygen atoms in total. The molecule has 3 rings (SSSR count). The van der Waals surface area contributed by atoms with Crippen LogP contribution in [0.1, 0.15) is 37.4 Å². The Hall–Kier alpha value is -1.80. The molecule has 1 saturated carbocycles. The van der Waals surface area contributed by atoms with Crippen LogP contribution in [0.2, 0.25) is 5.15 Å². The average molecular weight is 371 g/mol. The molecular formula is C16H20ClFN4O3. The monoisotopic (exact) mass is 370 g/mol. The summed E-state index contributed by atoms with van der Waals surface area (Å²) in [7, 11) is 2.88. The fourth-order valence-corrected chi connectivity index (χ4v) is 3.60. The molecule has 2 aromatic heterocycles. The maximum Gasteiger partial charge on any atom is 0.338 e. The molecule has 0 N–H and O–H groups in total. The molecule has 0 atom stereocenters. The number of carbonyl (C=O) groups excluding carboxylic acids is 1. The van der Waals surface area contributed by atoms with Crippen molar-refractivity contribution in [2.75, 3.05) is 20.9 Å². The number of methoxy groups -OCH3 is 2. The van der Waals surface area contributed by atoms with E-state index < -0.39 is 12.3 Å². The van der Waals surface area contributed by atoms with Crippen molar-refractivity contribution >= 4 is 28.6 Å². The van der Waals surface area contributed by atoms with Crippen LogP contribution in [0.5, 0.6) is 0 Å². The van der Waals surface area contributed by atoms with Gasteiger partial charge in [0.15, 0.2) is 11.2 Å². The van der Waals surface area contributed by atoms with Gasteiger partial charge in [-0.05, 0) is 25.7 Å². The van der Waals surface area contributed by atoms with E-state index in [0.29, 0.717) is 47.7 Å². The van der Waals surface area contributed by atoms with Gasteiger partial charge < -0.3 is 9.47 Å². The summed E-state index contributed by atoms with van der Waals surface area (Å²) < 4.78 is 24.5. The summed E-state index contributed by atoms with van der Waals surface area (Å²) in [6.07, 6.45) is 3.92. The van der Waals surface area contributed by atoms with Crippen LogP contribution >= 0.6 is 11.6 Å². The third-order valence-corrected chi connectivity index (χ3v) is 5.16. The first-order valence-electron chi connectivity index (χ1n) is 8.13. The molecule has 0 aliphatic heterocycles. The van der Waals surface area contributed by atoms with Gasteiger partial charge in [0, 0.05) is 13.0 Å². The molecule has 0 bridgehead atoms. The molecule has 0 unspecified atom stereocenters. The highest BCUT2D eigenvalue weighted by Gasteiger charge is 2.44. The minimum Gasteiger partial charge on any atom is -0.467 e. The Morgan fingerprint density at radius 2 is 2.12 bits per heavy atom. The third-order valence-electron chi connectivity index (χ3n) is 4.87. The maximum atomic E-state index is 12.7. The number of fused-ring (bicyclic) bond motifs is 1. The number of carbonyl (C=O) groups is 1. The van der Waals surface area contributed by atoms with Gasteiger partial charge in [0.05, 0.1) is 25.2 Å². The summed E-state index contributed by atoms with van der Waals surface area (Å²) in [5, 5.41) is 5.03. The van der Waals surface area contributed by atoms with Crippen molar-refractivity contribution in [2.45, 2.75) is 43.7 Å². The Morgan fingerprint density at radius 1 is 1.40 bits per heavy atom. The zero-order valence-corrected chi connectivity index (χ0v) is 14.9. The SMILES string of the molecule is COC(=O)C1(OC)CCC(c2nc(Cl)c3cnn(CCF)c3n2)CC1. The van der Waals surface area contributed by atoms with Crippen LogP contribution in [-0.2, 0) is 20.8 Å². The number of hydrogen-bond donors (Lipinski definition) is 0. The van der Waals surface area contributed by atoms with Crippen LogP contribution < -0.4 is 0 Å². The number of aryl methyl sites for hydroxylation is 1. The van der Waals surface area contributed by atoms with Crippen molar-refractivity contribution in [3.8, 4) is 0 Å². The Kier molecular flexibility index (Phi) is 5.19. The fraction of sp³-hybridized carbons (Fsp3) is 0.625. The number of halogens is 2. The van der Waals surface area contributed by atoms with Gasteiger partial charge in [0.2, 0.25) is 0 Å². The second-order valence-corrected chi connectivity index (χ2v) is 6.49. The van der Waals surface area contributed by atoms with Crippen molar-refractivity contribution < 1.29 is 18.7 Å². The second-order valence-electron chi connectivity index (χ2n) is 6.13. The molecule has 0 spiro atoms. The van der Waals surface area contributed by atoms with E-state index in [2.05, 4.69) is 15.1 Å². The van der Waals surface area contributed by atoms with E-state index in [1.54, 1.807) is 6.20 Å². The van der Waals surface area contributed by atoms with Crippen molar-refractivity contribution in [1.82, 2.24) is 19.7 Å². The maximum absolute atomic E-state index is 12.7. The smallest absolute Gasteiger partial charge is 0.338 e. The lowest BCUT2D eigenvalue weighted by molar-refractivity contribution is -0.170. The first kappa shape index (κ1) is 18.0. The van der Waals surface area contributed by atoms with E-state index in [9.17, 15) is 9.18 Å². The zero-order chi connectivity index (χ0) is 18.0. The quantitative estimate of drug-likeness (QED) is 0.594. The van der Waals surface area contributed by atoms with Crippen LogP contribution in [0, 0.1) is 0 Å². The number of esters is 1. The van der Waals surface area contributed by atoms with Crippen LogP contribution in [0.25, 0.3) is 11.0 Å². The van der Waals surface area contributed by atoms with Crippen molar-refractivity contribution in [1.29, 1.82) is 0 Å². The Bertz CT molecular complexity index is 774. The van der Waals surface area contributed by atoms with E-state index in [-0.39, 0.29) is 18.4 Å². The summed E-state index contributed by atoms with van der Waals surface area (Å²) in [4.78, 5) is 21.0. The molecule has 0 aromatic carbocycles. The van der Waals surface area contributed by atoms with Gasteiger partial charge in [-0.25, -0.2) is 23.8 Å². The molecule has 25 heavy (non-hydrogen) atoms. The lowest BCUT2D eigenvalue weighted by atomic mass is 9.78. The van der Waals surface area contributed by atoms with Crippen molar-refractivity contribution in [2.24, 2.45) is 0 Å². The molecule has 1 aliphatic carbocycles. The largest absolute Gasteiger partial charge is 0.467 e. The first-order valence-corrected chi connectivity index (χ1v) is 8.51. The molecule has 0 radical (unpaired) electrons. The average Bonchev–Trinajstić information content (AvgIpc) is 3.05. The molecule has 136 valence electrons. The number of ether oxygens (including phenoxy) is 2. The molecule has 1 fully saturated rings. The van der Waals surface area contributed by atoms with Crippen LogP contribution in [0.4, 0.5) is 4.39 Å². The normalized spacial score (nSPS) is 23.8. The summed E-state index contributed by atoms with van der Waals surface area (Å²) in [6, 6.07) is 0. The minimum absolute atomic E-state index is 0.0450. The Balaban J connectivity index is 1.86. The lowest BCUT2D eigenvalue weighted by Crippen LogP contribution is -2.44. The number of nitrogens with zero attached hydrogens (tertiary/aromatic N) is 4. The number of rotatable bonds is 5. The fourth-order valence-electron chi connectivity index (χ4n) is 3.38. The standard InChI is InChI=1S/C16H20ClFN4O3/c1-24-15(23)16(25-2)5-3-10(4-6-16)13-20-12(17)11-9-19-22(8-7-18)14(11)21-13/h9-10H,3-8H2,1-2H3. The highest BCUT2D eigenvalue weighted by atomic mass is 35.5. The summed E-state index contributed by atoms with van der Waals surface area (Å²) in [5.41, 5.74) is -0.376. The van der Waals surface area contributed by atoms with E-state index in [1.807, 2.05) is 0 Å². The molecule has 1 aliphatic rings. The summed E-state index contributed by atoms with van der Waals surface area (Å²) in [6.45, 7) is -0.414. The molecule has 2 heterocycles. The zero-order valence-electron chi connectivity index (χ0n) is 14.2. The number of alkyl halides is 1. The van der Waals surface area contributed by atoms with E-state index in [0.717, 1.165) is 0 Å². The van der Waals surface area contributed by atoms with Crippen LogP contribution in [-0.4, -0.2) is 52.2 Å². The van der Waals surface area contributed by atoms with Gasteiger partial charge >= 0.3 is 5.97 Å². The van der Waals surface area contributed by atoms with Gasteiger partial charge in [0.1, 0.15) is 17.7 Å². The van der Waals surface area contributed by atoms with Crippen molar-refractivity contribution in [3.05, 3.63) is 17.2 Å². The highest BCUT2D eigenvalue weighted by molar-refractivity contribution is 6.33. The summed E-state index contributed by atoms with van der Waals surface area (Å²) >= 11 is 6.25. The van der Waals surface area contributed by atoms with Crippen LogP contribution in [0.3, 0.4) is 0 Å². The predicted octanol–water partition coefficient (Wildman–Crippen LogP) is 2.67. The summed E-state index contributed by atoms with van der Waals surface area (Å²) in [5.74, 6) is 0.278. The highest BCUT2D eigenvalue weighted by Crippen LogP contribution is 2.40. The molecule has 2 aromatic rings. The second kappa shape index (κ2) is 7.21. The van der Waals surface area contributed by atoms with E-state index in [4.69, 9.17) is 21.1 Å². The minimum atomic E-state index is -0.908. The van der Waals surface area contributed by atoms with E-state index in [1.165, 1.54) is 18.9 Å².